The molecule has 0 amide bonds. The average Bonchev–Trinajstić information content (AvgIpc) is 2.34. The van der Waals surface area contributed by atoms with E-state index in [9.17, 15) is 5.26 Å². The fourth-order valence-corrected chi connectivity index (χ4v) is 2.04. The molecule has 0 unspecified atom stereocenters. The van der Waals surface area contributed by atoms with E-state index in [-0.39, 0.29) is 5.41 Å². The highest BCUT2D eigenvalue weighted by Crippen LogP contribution is 2.30. The molecular weight excluding hydrogens is 220 g/mol. The molecule has 18 heavy (non-hydrogen) atoms. The van der Waals surface area contributed by atoms with Crippen LogP contribution in [-0.2, 0) is 5.41 Å². The molecule has 0 aliphatic heterocycles. The van der Waals surface area contributed by atoms with E-state index in [4.69, 9.17) is 5.73 Å². The van der Waals surface area contributed by atoms with Crippen LogP contribution >= 0.6 is 0 Å². The number of hydrogen-bond acceptors (Lipinski definition) is 2. The highest BCUT2D eigenvalue weighted by molar-refractivity contribution is 5.72. The minimum Gasteiger partial charge on any atom is -0.397 e. The van der Waals surface area contributed by atoms with Gasteiger partial charge in [0.25, 0.3) is 0 Å². The lowest BCUT2D eigenvalue weighted by Crippen LogP contribution is -2.16. The van der Waals surface area contributed by atoms with Crippen LogP contribution in [0.2, 0.25) is 0 Å². The smallest absolute Gasteiger partial charge is 0.0968 e. The zero-order valence-electron chi connectivity index (χ0n) is 11.7. The highest BCUT2D eigenvalue weighted by atomic mass is 14.6. The molecule has 0 aliphatic carbocycles. The van der Waals surface area contributed by atoms with Gasteiger partial charge in [0.05, 0.1) is 17.3 Å². The Morgan fingerprint density at radius 3 is 2.39 bits per heavy atom. The number of hydrogen-bond donors (Lipinski definition) is 1. The van der Waals surface area contributed by atoms with E-state index in [1.165, 1.54) is 5.56 Å². The van der Waals surface area contributed by atoms with Gasteiger partial charge in [-0.1, -0.05) is 58.4 Å². The summed E-state index contributed by atoms with van der Waals surface area (Å²) in [5.41, 5.74) is 9.71. The lowest BCUT2D eigenvalue weighted by molar-refractivity contribution is 0.588. The quantitative estimate of drug-likeness (QED) is 0.815. The van der Waals surface area contributed by atoms with E-state index in [0.29, 0.717) is 11.3 Å². The standard InChI is InChI=1S/C16H22N2/c1-5-8-12(11-17)15(18)13-9-6-7-10-14(13)16(2,3)4/h6-7,9-10H,5,8,18H2,1-4H3/b15-12-. The summed E-state index contributed by atoms with van der Waals surface area (Å²) in [4.78, 5) is 0. The minimum absolute atomic E-state index is 0.0218. The lowest BCUT2D eigenvalue weighted by Gasteiger charge is -2.23. The summed E-state index contributed by atoms with van der Waals surface area (Å²) in [5.74, 6) is 0. The highest BCUT2D eigenvalue weighted by Gasteiger charge is 2.19. The van der Waals surface area contributed by atoms with Crippen molar-refractivity contribution in [2.24, 2.45) is 5.73 Å². The fourth-order valence-electron chi connectivity index (χ4n) is 2.04. The second kappa shape index (κ2) is 5.73. The van der Waals surface area contributed by atoms with Crippen molar-refractivity contribution in [3.63, 3.8) is 0 Å². The summed E-state index contributed by atoms with van der Waals surface area (Å²) in [6, 6.07) is 10.3. The molecule has 0 heterocycles. The molecule has 0 aliphatic rings. The van der Waals surface area contributed by atoms with Crippen LogP contribution in [0.15, 0.2) is 29.8 Å². The number of allylic oxidation sites excluding steroid dienone is 1. The van der Waals surface area contributed by atoms with Gasteiger partial charge in [0.2, 0.25) is 0 Å². The van der Waals surface area contributed by atoms with Crippen molar-refractivity contribution in [2.75, 3.05) is 0 Å². The van der Waals surface area contributed by atoms with E-state index in [1.54, 1.807) is 0 Å². The van der Waals surface area contributed by atoms with Crippen molar-refractivity contribution < 1.29 is 0 Å². The summed E-state index contributed by atoms with van der Waals surface area (Å²) in [5, 5.41) is 9.19. The van der Waals surface area contributed by atoms with Gasteiger partial charge in [-0.25, -0.2) is 0 Å². The fraction of sp³-hybridized carbons (Fsp3) is 0.438. The van der Waals surface area contributed by atoms with Crippen molar-refractivity contribution in [3.8, 4) is 6.07 Å². The van der Waals surface area contributed by atoms with Crippen LogP contribution in [0.1, 0.15) is 51.7 Å². The Bertz CT molecular complexity index is 485. The van der Waals surface area contributed by atoms with Gasteiger partial charge in [0.15, 0.2) is 0 Å². The number of nitriles is 1. The third kappa shape index (κ3) is 3.13. The van der Waals surface area contributed by atoms with E-state index >= 15 is 0 Å². The molecule has 2 heteroatoms. The number of nitrogens with two attached hydrogens (primary N) is 1. The van der Waals surface area contributed by atoms with Crippen LogP contribution in [-0.4, -0.2) is 0 Å². The molecule has 0 radical (unpaired) electrons. The molecule has 96 valence electrons. The SMILES string of the molecule is CCC/C(C#N)=C(/N)c1ccccc1C(C)(C)C. The van der Waals surface area contributed by atoms with Gasteiger partial charge in [-0.3, -0.25) is 0 Å². The monoisotopic (exact) mass is 242 g/mol. The van der Waals surface area contributed by atoms with Crippen molar-refractivity contribution in [2.45, 2.75) is 46.0 Å². The molecule has 1 aromatic carbocycles. The minimum atomic E-state index is 0.0218. The Kier molecular flexibility index (Phi) is 4.55. The first kappa shape index (κ1) is 14.3. The van der Waals surface area contributed by atoms with Crippen LogP contribution in [0.4, 0.5) is 0 Å². The van der Waals surface area contributed by atoms with Gasteiger partial charge >= 0.3 is 0 Å². The van der Waals surface area contributed by atoms with E-state index in [2.05, 4.69) is 39.8 Å². The Morgan fingerprint density at radius 1 is 1.28 bits per heavy atom. The van der Waals surface area contributed by atoms with E-state index in [1.807, 2.05) is 18.2 Å². The first-order valence-corrected chi connectivity index (χ1v) is 6.40. The van der Waals surface area contributed by atoms with Gasteiger partial charge in [-0.15, -0.1) is 0 Å². The largest absolute Gasteiger partial charge is 0.397 e. The average molecular weight is 242 g/mol. The molecule has 2 nitrogen and oxygen atoms in total. The second-order valence-electron chi connectivity index (χ2n) is 5.55. The van der Waals surface area contributed by atoms with Gasteiger partial charge in [0, 0.05) is 5.56 Å². The van der Waals surface area contributed by atoms with Gasteiger partial charge in [-0.05, 0) is 17.4 Å². The Hall–Kier alpha value is -1.75. The Morgan fingerprint density at radius 2 is 1.89 bits per heavy atom. The topological polar surface area (TPSA) is 49.8 Å². The molecule has 1 aromatic rings. The van der Waals surface area contributed by atoms with Crippen molar-refractivity contribution in [1.82, 2.24) is 0 Å². The van der Waals surface area contributed by atoms with Crippen LogP contribution in [0.3, 0.4) is 0 Å². The first-order chi connectivity index (χ1) is 8.41. The molecule has 0 saturated carbocycles. The van der Waals surface area contributed by atoms with Gasteiger partial charge < -0.3 is 5.73 Å². The molecule has 0 fully saturated rings. The summed E-state index contributed by atoms with van der Waals surface area (Å²) in [6.07, 6.45) is 1.67. The first-order valence-electron chi connectivity index (χ1n) is 6.40. The molecule has 0 saturated heterocycles. The van der Waals surface area contributed by atoms with Gasteiger partial charge in [0.1, 0.15) is 0 Å². The normalized spacial score (nSPS) is 12.8. The van der Waals surface area contributed by atoms with Crippen LogP contribution < -0.4 is 5.73 Å². The van der Waals surface area contributed by atoms with Crippen LogP contribution in [0.25, 0.3) is 5.70 Å². The van der Waals surface area contributed by atoms with Crippen molar-refractivity contribution in [1.29, 1.82) is 5.26 Å². The van der Waals surface area contributed by atoms with Crippen molar-refractivity contribution >= 4 is 5.70 Å². The number of rotatable bonds is 3. The maximum absolute atomic E-state index is 9.19. The van der Waals surface area contributed by atoms with Crippen LogP contribution in [0.5, 0.6) is 0 Å². The maximum Gasteiger partial charge on any atom is 0.0968 e. The zero-order valence-corrected chi connectivity index (χ0v) is 11.7. The number of benzene rings is 1. The summed E-state index contributed by atoms with van der Waals surface area (Å²) in [6.45, 7) is 8.53. The molecule has 0 bridgehead atoms. The molecule has 0 atom stereocenters. The van der Waals surface area contributed by atoms with Crippen LogP contribution in [0, 0.1) is 11.3 Å². The Labute approximate surface area is 110 Å². The molecule has 1 rings (SSSR count). The van der Waals surface area contributed by atoms with Crippen molar-refractivity contribution in [3.05, 3.63) is 41.0 Å². The summed E-state index contributed by atoms with van der Waals surface area (Å²) >= 11 is 0. The van der Waals surface area contributed by atoms with Gasteiger partial charge in [-0.2, -0.15) is 5.26 Å². The molecular formula is C16H22N2. The Balaban J connectivity index is 3.38. The predicted molar refractivity (Wildman–Crippen MR) is 76.8 cm³/mol. The lowest BCUT2D eigenvalue weighted by atomic mass is 9.82. The predicted octanol–water partition coefficient (Wildman–Crippen LogP) is 3.98. The third-order valence-corrected chi connectivity index (χ3v) is 2.99. The number of nitrogens with zero attached hydrogens (tertiary/aromatic N) is 1. The van der Waals surface area contributed by atoms with E-state index in [0.717, 1.165) is 18.4 Å². The second-order valence-corrected chi connectivity index (χ2v) is 5.55. The van der Waals surface area contributed by atoms with E-state index < -0.39 is 0 Å². The zero-order chi connectivity index (χ0) is 13.8. The molecule has 0 aromatic heterocycles. The maximum atomic E-state index is 9.19. The third-order valence-electron chi connectivity index (χ3n) is 2.99. The molecule has 2 N–H and O–H groups in total. The summed E-state index contributed by atoms with van der Waals surface area (Å²) < 4.78 is 0. The summed E-state index contributed by atoms with van der Waals surface area (Å²) in [7, 11) is 0. The molecule has 0 spiro atoms.